The average Bonchev–Trinajstić information content (AvgIpc) is 2.73. The second-order valence-corrected chi connectivity index (χ2v) is 8.30. The van der Waals surface area contributed by atoms with Crippen LogP contribution < -0.4 is 10.6 Å². The summed E-state index contributed by atoms with van der Waals surface area (Å²) in [4.78, 5) is 46.3. The molecule has 0 aliphatic heterocycles. The number of benzene rings is 2. The summed E-state index contributed by atoms with van der Waals surface area (Å²) in [5.41, 5.74) is 2.32. The predicted octanol–water partition coefficient (Wildman–Crippen LogP) is 3.50. The lowest BCUT2D eigenvalue weighted by molar-refractivity contribution is -0.384. The summed E-state index contributed by atoms with van der Waals surface area (Å²) in [6, 6.07) is 11.3. The molecule has 2 aromatic carbocycles. The van der Waals surface area contributed by atoms with Gasteiger partial charge in [-0.3, -0.25) is 24.5 Å². The molecule has 0 aromatic heterocycles. The molecule has 0 aliphatic carbocycles. The number of non-ortho nitro benzene ring substituents is 1. The van der Waals surface area contributed by atoms with Crippen LogP contribution in [0.3, 0.4) is 0 Å². The molecule has 170 valence electrons. The van der Waals surface area contributed by atoms with Gasteiger partial charge in [-0.25, -0.2) is 0 Å². The highest BCUT2D eigenvalue weighted by molar-refractivity contribution is 5.95. The fraction of sp³-hybridized carbons (Fsp3) is 0.348. The summed E-state index contributed by atoms with van der Waals surface area (Å²) in [6.07, 6.45) is -0.102. The van der Waals surface area contributed by atoms with Crippen LogP contribution in [-0.4, -0.2) is 35.9 Å². The van der Waals surface area contributed by atoms with Crippen LogP contribution in [0.25, 0.3) is 0 Å². The lowest BCUT2D eigenvalue weighted by atomic mass is 9.87. The van der Waals surface area contributed by atoms with Gasteiger partial charge in [-0.15, -0.1) is 0 Å². The van der Waals surface area contributed by atoms with E-state index in [1.807, 2.05) is 12.1 Å². The number of anilines is 1. The van der Waals surface area contributed by atoms with Gasteiger partial charge in [0.25, 0.3) is 17.5 Å². The number of nitrogens with zero attached hydrogens (tertiary/aromatic N) is 1. The van der Waals surface area contributed by atoms with Crippen LogP contribution in [-0.2, 0) is 19.7 Å². The molecule has 0 saturated carbocycles. The zero-order valence-electron chi connectivity index (χ0n) is 18.6. The number of amides is 2. The maximum atomic E-state index is 12.2. The van der Waals surface area contributed by atoms with Crippen LogP contribution in [0, 0.1) is 17.0 Å². The summed E-state index contributed by atoms with van der Waals surface area (Å²) >= 11 is 0. The Labute approximate surface area is 186 Å². The number of nitrogens with one attached hydrogen (secondary N) is 2. The molecule has 2 rings (SSSR count). The van der Waals surface area contributed by atoms with E-state index in [9.17, 15) is 24.5 Å². The van der Waals surface area contributed by atoms with Gasteiger partial charge in [0.2, 0.25) is 0 Å². The normalized spacial score (nSPS) is 10.9. The molecule has 0 aliphatic rings. The number of nitro benzene ring substituents is 1. The van der Waals surface area contributed by atoms with Gasteiger partial charge in [0, 0.05) is 24.2 Å². The number of ether oxygens (including phenoxy) is 1. The number of esters is 1. The SMILES string of the molecule is Cc1ccc([N+](=O)[O-])cc1NC(=O)COC(=O)CCNC(=O)c1ccc(C(C)(C)C)cc1. The fourth-order valence-corrected chi connectivity index (χ4v) is 2.76. The van der Waals surface area contributed by atoms with Crippen molar-refractivity contribution in [2.45, 2.75) is 39.5 Å². The van der Waals surface area contributed by atoms with E-state index in [4.69, 9.17) is 4.74 Å². The summed E-state index contributed by atoms with van der Waals surface area (Å²) in [5.74, 6) is -1.58. The maximum Gasteiger partial charge on any atom is 0.308 e. The molecule has 9 nitrogen and oxygen atoms in total. The van der Waals surface area contributed by atoms with Gasteiger partial charge in [-0.1, -0.05) is 39.0 Å². The van der Waals surface area contributed by atoms with Crippen LogP contribution in [0.1, 0.15) is 48.7 Å². The highest BCUT2D eigenvalue weighted by Gasteiger charge is 2.15. The van der Waals surface area contributed by atoms with E-state index in [0.29, 0.717) is 11.1 Å². The highest BCUT2D eigenvalue weighted by Crippen LogP contribution is 2.22. The Morgan fingerprint density at radius 3 is 2.31 bits per heavy atom. The van der Waals surface area contributed by atoms with Crippen molar-refractivity contribution in [2.75, 3.05) is 18.5 Å². The fourth-order valence-electron chi connectivity index (χ4n) is 2.76. The average molecular weight is 441 g/mol. The number of rotatable bonds is 8. The Kier molecular flexibility index (Phi) is 8.06. The first-order chi connectivity index (χ1) is 15.0. The van der Waals surface area contributed by atoms with Crippen molar-refractivity contribution in [1.82, 2.24) is 5.32 Å². The Hall–Kier alpha value is -3.75. The topological polar surface area (TPSA) is 128 Å². The summed E-state index contributed by atoms with van der Waals surface area (Å²) in [5, 5.41) is 16.0. The molecule has 32 heavy (non-hydrogen) atoms. The number of hydrogen-bond donors (Lipinski definition) is 2. The Bertz CT molecular complexity index is 1010. The summed E-state index contributed by atoms with van der Waals surface area (Å²) in [7, 11) is 0. The smallest absolute Gasteiger partial charge is 0.308 e. The van der Waals surface area contributed by atoms with Gasteiger partial charge < -0.3 is 15.4 Å². The molecule has 2 N–H and O–H groups in total. The van der Waals surface area contributed by atoms with E-state index in [2.05, 4.69) is 31.4 Å². The van der Waals surface area contributed by atoms with Crippen molar-refractivity contribution in [3.8, 4) is 0 Å². The highest BCUT2D eigenvalue weighted by atomic mass is 16.6. The standard InChI is InChI=1S/C23H27N3O6/c1-15-5-10-18(26(30)31)13-19(15)25-20(27)14-32-21(28)11-12-24-22(29)16-6-8-17(9-7-16)23(2,3)4/h5-10,13H,11-12,14H2,1-4H3,(H,24,29)(H,25,27). The maximum absolute atomic E-state index is 12.2. The minimum atomic E-state index is -0.653. The first kappa shape index (κ1) is 24.5. The lowest BCUT2D eigenvalue weighted by Crippen LogP contribution is -2.28. The number of hydrogen-bond acceptors (Lipinski definition) is 6. The van der Waals surface area contributed by atoms with Gasteiger partial charge in [0.05, 0.1) is 17.0 Å². The second-order valence-electron chi connectivity index (χ2n) is 8.30. The minimum Gasteiger partial charge on any atom is -0.456 e. The van der Waals surface area contributed by atoms with Crippen LogP contribution in [0.4, 0.5) is 11.4 Å². The third-order valence-corrected chi connectivity index (χ3v) is 4.70. The van der Waals surface area contributed by atoms with E-state index in [0.717, 1.165) is 5.56 Å². The molecule has 0 spiro atoms. The van der Waals surface area contributed by atoms with Crippen molar-refractivity contribution in [3.63, 3.8) is 0 Å². The third-order valence-electron chi connectivity index (χ3n) is 4.70. The molecule has 2 amide bonds. The van der Waals surface area contributed by atoms with Crippen LogP contribution in [0.5, 0.6) is 0 Å². The van der Waals surface area contributed by atoms with Crippen LogP contribution in [0.2, 0.25) is 0 Å². The van der Waals surface area contributed by atoms with E-state index in [1.54, 1.807) is 19.1 Å². The zero-order valence-corrected chi connectivity index (χ0v) is 18.6. The van der Waals surface area contributed by atoms with E-state index in [-0.39, 0.29) is 35.7 Å². The molecule has 0 heterocycles. The quantitative estimate of drug-likeness (QED) is 0.367. The number of carbonyl (C=O) groups is 3. The molecule has 0 radical (unpaired) electrons. The predicted molar refractivity (Wildman–Crippen MR) is 120 cm³/mol. The van der Waals surface area contributed by atoms with E-state index >= 15 is 0 Å². The molecule has 0 saturated heterocycles. The lowest BCUT2D eigenvalue weighted by Gasteiger charge is -2.19. The summed E-state index contributed by atoms with van der Waals surface area (Å²) in [6.45, 7) is 7.45. The molecule has 0 atom stereocenters. The van der Waals surface area contributed by atoms with Gasteiger partial charge in [-0.2, -0.15) is 0 Å². The van der Waals surface area contributed by atoms with Gasteiger partial charge in [0.15, 0.2) is 6.61 Å². The van der Waals surface area contributed by atoms with Gasteiger partial charge in [0.1, 0.15) is 0 Å². The van der Waals surface area contributed by atoms with E-state index in [1.165, 1.54) is 18.2 Å². The largest absolute Gasteiger partial charge is 0.456 e. The third kappa shape index (κ3) is 7.19. The number of nitro groups is 1. The summed E-state index contributed by atoms with van der Waals surface area (Å²) < 4.78 is 4.90. The molecule has 9 heteroatoms. The Morgan fingerprint density at radius 2 is 1.72 bits per heavy atom. The first-order valence-electron chi connectivity index (χ1n) is 10.1. The molecule has 2 aromatic rings. The Morgan fingerprint density at radius 1 is 1.06 bits per heavy atom. The van der Waals surface area contributed by atoms with Crippen LogP contribution >= 0.6 is 0 Å². The number of carbonyl (C=O) groups excluding carboxylic acids is 3. The minimum absolute atomic E-state index is 0.0149. The second kappa shape index (κ2) is 10.5. The van der Waals surface area contributed by atoms with Crippen molar-refractivity contribution >= 4 is 29.2 Å². The molecule has 0 bridgehead atoms. The zero-order chi connectivity index (χ0) is 23.9. The van der Waals surface area contributed by atoms with Crippen molar-refractivity contribution in [2.24, 2.45) is 0 Å². The molecule has 0 fully saturated rings. The van der Waals surface area contributed by atoms with Crippen LogP contribution in [0.15, 0.2) is 42.5 Å². The van der Waals surface area contributed by atoms with Crippen molar-refractivity contribution in [1.29, 1.82) is 0 Å². The Balaban J connectivity index is 1.75. The van der Waals surface area contributed by atoms with Gasteiger partial charge >= 0.3 is 5.97 Å². The molecular formula is C23H27N3O6. The van der Waals surface area contributed by atoms with Crippen molar-refractivity contribution < 1.29 is 24.0 Å². The van der Waals surface area contributed by atoms with E-state index < -0.39 is 23.4 Å². The first-order valence-corrected chi connectivity index (χ1v) is 10.1. The van der Waals surface area contributed by atoms with Crippen molar-refractivity contribution in [3.05, 3.63) is 69.3 Å². The number of aryl methyl sites for hydroxylation is 1. The molecular weight excluding hydrogens is 414 g/mol. The monoisotopic (exact) mass is 441 g/mol. The molecule has 0 unspecified atom stereocenters. The van der Waals surface area contributed by atoms with Gasteiger partial charge in [-0.05, 0) is 35.6 Å².